The molecule has 0 saturated heterocycles. The molecule has 0 fully saturated rings. The van der Waals surface area contributed by atoms with Crippen LogP contribution < -0.4 is 5.73 Å². The van der Waals surface area contributed by atoms with E-state index in [1.54, 1.807) is 0 Å². The van der Waals surface area contributed by atoms with Gasteiger partial charge < -0.3 is 5.73 Å². The molecule has 0 aromatic heterocycles. The third-order valence-electron chi connectivity index (χ3n) is 1.15. The van der Waals surface area contributed by atoms with Crippen LogP contribution in [0.2, 0.25) is 5.02 Å². The van der Waals surface area contributed by atoms with Crippen molar-refractivity contribution in [2.24, 2.45) is 5.73 Å². The van der Waals surface area contributed by atoms with Crippen molar-refractivity contribution < 1.29 is 4.39 Å². The summed E-state index contributed by atoms with van der Waals surface area (Å²) in [4.78, 5) is 0.145. The Labute approximate surface area is 74.0 Å². The van der Waals surface area contributed by atoms with Gasteiger partial charge in [-0.2, -0.15) is 0 Å². The summed E-state index contributed by atoms with van der Waals surface area (Å²) < 4.78 is 12.6. The van der Waals surface area contributed by atoms with Crippen LogP contribution in [0.25, 0.3) is 0 Å². The Morgan fingerprint density at radius 2 is 2.09 bits per heavy atom. The molecule has 1 aromatic rings. The van der Waals surface area contributed by atoms with Crippen LogP contribution in [0.3, 0.4) is 0 Å². The molecule has 0 radical (unpaired) electrons. The van der Waals surface area contributed by atoms with E-state index in [-0.39, 0.29) is 4.99 Å². The van der Waals surface area contributed by atoms with Crippen molar-refractivity contribution in [3.05, 3.63) is 34.6 Å². The van der Waals surface area contributed by atoms with Gasteiger partial charge in [0.15, 0.2) is 0 Å². The smallest absolute Gasteiger partial charge is 0.125 e. The second kappa shape index (κ2) is 3.15. The fraction of sp³-hybridized carbons (Fsp3) is 0. The third kappa shape index (κ3) is 2.13. The Hall–Kier alpha value is -0.670. The van der Waals surface area contributed by atoms with Crippen molar-refractivity contribution in [3.8, 4) is 0 Å². The second-order valence-electron chi connectivity index (χ2n) is 2.02. The fourth-order valence-electron chi connectivity index (χ4n) is 0.696. The maximum atomic E-state index is 12.6. The minimum absolute atomic E-state index is 0.145. The van der Waals surface area contributed by atoms with E-state index in [1.165, 1.54) is 18.2 Å². The van der Waals surface area contributed by atoms with E-state index in [0.29, 0.717) is 10.6 Å². The monoisotopic (exact) mass is 189 g/mol. The molecule has 0 atom stereocenters. The van der Waals surface area contributed by atoms with Gasteiger partial charge in [-0.15, -0.1) is 0 Å². The van der Waals surface area contributed by atoms with Crippen LogP contribution in [0, 0.1) is 5.82 Å². The number of rotatable bonds is 1. The Balaban J connectivity index is 3.19. The van der Waals surface area contributed by atoms with Gasteiger partial charge in [0.25, 0.3) is 0 Å². The zero-order valence-electron chi connectivity index (χ0n) is 5.47. The topological polar surface area (TPSA) is 26.0 Å². The lowest BCUT2D eigenvalue weighted by molar-refractivity contribution is 0.627. The van der Waals surface area contributed by atoms with Crippen LogP contribution in [-0.4, -0.2) is 4.99 Å². The molecule has 4 heteroatoms. The first-order valence-electron chi connectivity index (χ1n) is 2.85. The minimum atomic E-state index is -0.430. The average Bonchev–Trinajstić information content (AvgIpc) is 1.85. The number of halogens is 2. The van der Waals surface area contributed by atoms with Gasteiger partial charge in [-0.25, -0.2) is 4.39 Å². The number of hydrogen-bond donors (Lipinski definition) is 1. The van der Waals surface area contributed by atoms with E-state index in [9.17, 15) is 4.39 Å². The van der Waals surface area contributed by atoms with Crippen molar-refractivity contribution in [2.75, 3.05) is 0 Å². The molecule has 0 saturated carbocycles. The molecular formula is C7H5ClFNS. The van der Waals surface area contributed by atoms with E-state index in [0.717, 1.165) is 0 Å². The molecular weight excluding hydrogens is 185 g/mol. The SMILES string of the molecule is NC(=S)c1cc(F)cc(Cl)c1. The molecule has 1 aromatic carbocycles. The third-order valence-corrected chi connectivity index (χ3v) is 1.60. The standard InChI is InChI=1S/C7H5ClFNS/c8-5-1-4(7(10)11)2-6(9)3-5/h1-3H,(H2,10,11). The first-order chi connectivity index (χ1) is 5.09. The van der Waals surface area contributed by atoms with Gasteiger partial charge in [-0.05, 0) is 18.2 Å². The lowest BCUT2D eigenvalue weighted by Crippen LogP contribution is -2.09. The van der Waals surface area contributed by atoms with Crippen molar-refractivity contribution in [1.82, 2.24) is 0 Å². The largest absolute Gasteiger partial charge is 0.389 e. The predicted molar refractivity (Wildman–Crippen MR) is 47.3 cm³/mol. The van der Waals surface area contributed by atoms with Crippen LogP contribution in [0.5, 0.6) is 0 Å². The van der Waals surface area contributed by atoms with E-state index in [2.05, 4.69) is 12.2 Å². The predicted octanol–water partition coefficient (Wildman–Crippen LogP) is 2.11. The zero-order valence-corrected chi connectivity index (χ0v) is 7.05. The molecule has 1 rings (SSSR count). The van der Waals surface area contributed by atoms with Crippen LogP contribution in [0.4, 0.5) is 4.39 Å². The number of hydrogen-bond acceptors (Lipinski definition) is 1. The number of nitrogens with two attached hydrogens (primary N) is 1. The van der Waals surface area contributed by atoms with Gasteiger partial charge in [-0.3, -0.25) is 0 Å². The number of benzene rings is 1. The van der Waals surface area contributed by atoms with Crippen LogP contribution in [-0.2, 0) is 0 Å². The second-order valence-corrected chi connectivity index (χ2v) is 2.90. The molecule has 58 valence electrons. The molecule has 0 spiro atoms. The number of thiocarbonyl (C=S) groups is 1. The highest BCUT2D eigenvalue weighted by Crippen LogP contribution is 2.13. The van der Waals surface area contributed by atoms with Gasteiger partial charge >= 0.3 is 0 Å². The molecule has 1 nitrogen and oxygen atoms in total. The Morgan fingerprint density at radius 1 is 1.45 bits per heavy atom. The quantitative estimate of drug-likeness (QED) is 0.685. The summed E-state index contributed by atoms with van der Waals surface area (Å²) in [5.74, 6) is -0.430. The van der Waals surface area contributed by atoms with Gasteiger partial charge in [-0.1, -0.05) is 23.8 Å². The molecule has 0 bridgehead atoms. The van der Waals surface area contributed by atoms with Crippen molar-refractivity contribution >= 4 is 28.8 Å². The summed E-state index contributed by atoms with van der Waals surface area (Å²) in [6.07, 6.45) is 0. The molecule has 0 amide bonds. The maximum Gasteiger partial charge on any atom is 0.125 e. The summed E-state index contributed by atoms with van der Waals surface area (Å²) in [6.45, 7) is 0. The molecule has 0 aliphatic rings. The van der Waals surface area contributed by atoms with E-state index in [1.807, 2.05) is 0 Å². The highest BCUT2D eigenvalue weighted by atomic mass is 35.5. The van der Waals surface area contributed by atoms with Gasteiger partial charge in [0.05, 0.1) is 0 Å². The van der Waals surface area contributed by atoms with Gasteiger partial charge in [0.1, 0.15) is 10.8 Å². The van der Waals surface area contributed by atoms with Crippen molar-refractivity contribution in [2.45, 2.75) is 0 Å². The van der Waals surface area contributed by atoms with E-state index < -0.39 is 5.82 Å². The summed E-state index contributed by atoms with van der Waals surface area (Å²) >= 11 is 10.2. The van der Waals surface area contributed by atoms with Crippen LogP contribution in [0.15, 0.2) is 18.2 Å². The van der Waals surface area contributed by atoms with Crippen LogP contribution >= 0.6 is 23.8 Å². The lowest BCUT2D eigenvalue weighted by atomic mass is 10.2. The van der Waals surface area contributed by atoms with Crippen molar-refractivity contribution in [3.63, 3.8) is 0 Å². The molecule has 0 unspecified atom stereocenters. The molecule has 11 heavy (non-hydrogen) atoms. The highest BCUT2D eigenvalue weighted by Gasteiger charge is 2.00. The van der Waals surface area contributed by atoms with Gasteiger partial charge in [0.2, 0.25) is 0 Å². The first-order valence-corrected chi connectivity index (χ1v) is 3.64. The Kier molecular flexibility index (Phi) is 2.42. The van der Waals surface area contributed by atoms with Crippen LogP contribution in [0.1, 0.15) is 5.56 Å². The Bertz CT molecular complexity index is 280. The summed E-state index contributed by atoms with van der Waals surface area (Å²) in [7, 11) is 0. The first kappa shape index (κ1) is 8.43. The minimum Gasteiger partial charge on any atom is -0.389 e. The normalized spacial score (nSPS) is 9.64. The average molecular weight is 190 g/mol. The summed E-state index contributed by atoms with van der Waals surface area (Å²) in [5, 5.41) is 0.299. The van der Waals surface area contributed by atoms with E-state index in [4.69, 9.17) is 17.3 Å². The molecule has 0 aliphatic carbocycles. The lowest BCUT2D eigenvalue weighted by Gasteiger charge is -1.98. The summed E-state index contributed by atoms with van der Waals surface area (Å²) in [5.41, 5.74) is 5.71. The molecule has 2 N–H and O–H groups in total. The van der Waals surface area contributed by atoms with E-state index >= 15 is 0 Å². The van der Waals surface area contributed by atoms with Crippen molar-refractivity contribution in [1.29, 1.82) is 0 Å². The maximum absolute atomic E-state index is 12.6. The summed E-state index contributed by atoms with van der Waals surface area (Å²) in [6, 6.07) is 3.96. The van der Waals surface area contributed by atoms with Gasteiger partial charge in [0, 0.05) is 10.6 Å². The zero-order chi connectivity index (χ0) is 8.43. The fourth-order valence-corrected chi connectivity index (χ4v) is 1.04. The highest BCUT2D eigenvalue weighted by molar-refractivity contribution is 7.80. The molecule has 0 heterocycles. The molecule has 0 aliphatic heterocycles. The Morgan fingerprint density at radius 3 is 2.55 bits per heavy atom.